The number of anilines is 1. The molecule has 29 heavy (non-hydrogen) atoms. The Balaban J connectivity index is 1.24. The minimum absolute atomic E-state index is 0.0203. The van der Waals surface area contributed by atoms with Crippen molar-refractivity contribution in [3.05, 3.63) is 36.9 Å². The van der Waals surface area contributed by atoms with Crippen LogP contribution >= 0.6 is 0 Å². The molecule has 1 aliphatic carbocycles. The molecule has 1 saturated heterocycles. The van der Waals surface area contributed by atoms with Crippen molar-refractivity contribution in [3.63, 3.8) is 0 Å². The number of amides is 1. The lowest BCUT2D eigenvalue weighted by atomic mass is 10.1. The zero-order chi connectivity index (χ0) is 19.8. The Morgan fingerprint density at radius 1 is 1.07 bits per heavy atom. The van der Waals surface area contributed by atoms with Crippen LogP contribution in [-0.2, 0) is 11.8 Å². The van der Waals surface area contributed by atoms with Gasteiger partial charge < -0.3 is 5.32 Å². The number of aryl methyl sites for hydroxylation is 1. The molecule has 1 aliphatic heterocycles. The van der Waals surface area contributed by atoms with E-state index in [4.69, 9.17) is 0 Å². The molecule has 0 atom stereocenters. The predicted octanol–water partition coefficient (Wildman–Crippen LogP) is 1.75. The predicted molar refractivity (Wildman–Crippen MR) is 111 cm³/mol. The monoisotopic (exact) mass is 391 g/mol. The van der Waals surface area contributed by atoms with E-state index in [1.54, 1.807) is 10.9 Å². The van der Waals surface area contributed by atoms with Crippen LogP contribution in [0.25, 0.3) is 22.0 Å². The maximum Gasteiger partial charge on any atom is 0.239 e. The first-order chi connectivity index (χ1) is 14.1. The van der Waals surface area contributed by atoms with Crippen molar-refractivity contribution in [3.8, 4) is 11.1 Å². The number of carbonyl (C=O) groups is 1. The van der Waals surface area contributed by atoms with Crippen LogP contribution in [0.4, 0.5) is 5.82 Å². The highest BCUT2D eigenvalue weighted by Crippen LogP contribution is 2.27. The number of nitrogens with zero attached hydrogens (tertiary/aromatic N) is 6. The third kappa shape index (κ3) is 4.13. The zero-order valence-corrected chi connectivity index (χ0v) is 16.6. The van der Waals surface area contributed by atoms with Crippen molar-refractivity contribution in [1.82, 2.24) is 29.5 Å². The number of pyridine rings is 2. The number of nitrogens with one attached hydrogen (secondary N) is 1. The van der Waals surface area contributed by atoms with E-state index in [2.05, 4.69) is 30.2 Å². The molecule has 1 amide bonds. The first-order valence-electron chi connectivity index (χ1n) is 10.2. The van der Waals surface area contributed by atoms with E-state index < -0.39 is 0 Å². The van der Waals surface area contributed by atoms with Crippen LogP contribution in [0.3, 0.4) is 0 Å². The molecule has 8 heteroatoms. The number of hydrogen-bond donors (Lipinski definition) is 1. The van der Waals surface area contributed by atoms with Crippen LogP contribution in [0, 0.1) is 0 Å². The van der Waals surface area contributed by atoms with Gasteiger partial charge in [-0.2, -0.15) is 5.10 Å². The molecule has 2 aliphatic rings. The van der Waals surface area contributed by atoms with Crippen molar-refractivity contribution >= 4 is 22.6 Å². The third-order valence-corrected chi connectivity index (χ3v) is 5.71. The number of aromatic nitrogens is 4. The molecule has 2 fully saturated rings. The molecule has 150 valence electrons. The fourth-order valence-electron chi connectivity index (χ4n) is 3.94. The molecule has 4 heterocycles. The SMILES string of the molecule is Cn1cc(-c2cnc3cnc(NC(=O)CN4CCN(C5CC5)CC4)cc3c2)cn1. The maximum absolute atomic E-state index is 12.5. The van der Waals surface area contributed by atoms with E-state index in [1.165, 1.54) is 12.8 Å². The number of hydrogen-bond acceptors (Lipinski definition) is 6. The first kappa shape index (κ1) is 18.2. The van der Waals surface area contributed by atoms with Gasteiger partial charge in [0.25, 0.3) is 0 Å². The van der Waals surface area contributed by atoms with Gasteiger partial charge in [0.05, 0.1) is 24.5 Å². The molecule has 0 radical (unpaired) electrons. The summed E-state index contributed by atoms with van der Waals surface area (Å²) in [7, 11) is 1.89. The van der Waals surface area contributed by atoms with Crippen LogP contribution in [0.5, 0.6) is 0 Å². The minimum atomic E-state index is -0.0203. The van der Waals surface area contributed by atoms with Crippen LogP contribution in [0.1, 0.15) is 12.8 Å². The van der Waals surface area contributed by atoms with E-state index in [0.29, 0.717) is 12.4 Å². The van der Waals surface area contributed by atoms with Gasteiger partial charge in [-0.1, -0.05) is 0 Å². The fraction of sp³-hybridized carbons (Fsp3) is 0.429. The summed E-state index contributed by atoms with van der Waals surface area (Å²) in [5, 5.41) is 8.10. The fourth-order valence-corrected chi connectivity index (χ4v) is 3.94. The van der Waals surface area contributed by atoms with Gasteiger partial charge in [-0.15, -0.1) is 0 Å². The number of fused-ring (bicyclic) bond motifs is 1. The normalized spacial score (nSPS) is 18.2. The molecule has 0 spiro atoms. The second-order valence-electron chi connectivity index (χ2n) is 7.98. The van der Waals surface area contributed by atoms with Gasteiger partial charge in [-0.3, -0.25) is 24.3 Å². The van der Waals surface area contributed by atoms with Crippen molar-refractivity contribution in [1.29, 1.82) is 0 Å². The van der Waals surface area contributed by atoms with Crippen molar-refractivity contribution < 1.29 is 4.79 Å². The highest BCUT2D eigenvalue weighted by molar-refractivity contribution is 5.93. The van der Waals surface area contributed by atoms with E-state index in [1.807, 2.05) is 37.8 Å². The average molecular weight is 391 g/mol. The van der Waals surface area contributed by atoms with Crippen LogP contribution in [0.2, 0.25) is 0 Å². The van der Waals surface area contributed by atoms with Gasteiger partial charge in [-0.05, 0) is 25.0 Å². The highest BCUT2D eigenvalue weighted by Gasteiger charge is 2.31. The minimum Gasteiger partial charge on any atom is -0.310 e. The summed E-state index contributed by atoms with van der Waals surface area (Å²) in [6, 6.07) is 4.73. The summed E-state index contributed by atoms with van der Waals surface area (Å²) in [4.78, 5) is 26.1. The number of rotatable bonds is 5. The topological polar surface area (TPSA) is 79.2 Å². The van der Waals surface area contributed by atoms with E-state index in [9.17, 15) is 4.79 Å². The summed E-state index contributed by atoms with van der Waals surface area (Å²) in [5.74, 6) is 0.539. The van der Waals surface area contributed by atoms with Gasteiger partial charge in [0, 0.05) is 68.2 Å². The van der Waals surface area contributed by atoms with Crippen molar-refractivity contribution in [2.75, 3.05) is 38.0 Å². The van der Waals surface area contributed by atoms with Crippen LogP contribution in [-0.4, -0.2) is 74.2 Å². The molecule has 3 aromatic rings. The lowest BCUT2D eigenvalue weighted by Gasteiger charge is -2.34. The molecule has 0 aromatic carbocycles. The van der Waals surface area contributed by atoms with Gasteiger partial charge in [0.15, 0.2) is 0 Å². The first-order valence-corrected chi connectivity index (χ1v) is 10.2. The lowest BCUT2D eigenvalue weighted by Crippen LogP contribution is -2.49. The summed E-state index contributed by atoms with van der Waals surface area (Å²) >= 11 is 0. The molecular formula is C21H25N7O. The Hall–Kier alpha value is -2.84. The Labute approximate surface area is 169 Å². The van der Waals surface area contributed by atoms with Gasteiger partial charge in [-0.25, -0.2) is 4.98 Å². The lowest BCUT2D eigenvalue weighted by molar-refractivity contribution is -0.117. The van der Waals surface area contributed by atoms with Crippen molar-refractivity contribution in [2.45, 2.75) is 18.9 Å². The van der Waals surface area contributed by atoms with Crippen molar-refractivity contribution in [2.24, 2.45) is 7.05 Å². The molecule has 5 rings (SSSR count). The highest BCUT2D eigenvalue weighted by atomic mass is 16.2. The molecule has 1 saturated carbocycles. The Kier molecular flexibility index (Phi) is 4.73. The largest absolute Gasteiger partial charge is 0.310 e. The molecular weight excluding hydrogens is 366 g/mol. The second-order valence-corrected chi connectivity index (χ2v) is 7.98. The molecule has 1 N–H and O–H groups in total. The van der Waals surface area contributed by atoms with E-state index >= 15 is 0 Å². The maximum atomic E-state index is 12.5. The van der Waals surface area contributed by atoms with Crippen LogP contribution in [0.15, 0.2) is 36.9 Å². The molecule has 0 unspecified atom stereocenters. The van der Waals surface area contributed by atoms with Crippen LogP contribution < -0.4 is 5.32 Å². The smallest absolute Gasteiger partial charge is 0.239 e. The van der Waals surface area contributed by atoms with E-state index in [0.717, 1.165) is 54.3 Å². The number of piperazine rings is 1. The molecule has 8 nitrogen and oxygen atoms in total. The number of carbonyl (C=O) groups excluding carboxylic acids is 1. The summed E-state index contributed by atoms with van der Waals surface area (Å²) in [5.41, 5.74) is 2.80. The second kappa shape index (κ2) is 7.53. The van der Waals surface area contributed by atoms with Gasteiger partial charge in [0.1, 0.15) is 5.82 Å². The summed E-state index contributed by atoms with van der Waals surface area (Å²) in [6.45, 7) is 4.44. The molecule has 3 aromatic heterocycles. The summed E-state index contributed by atoms with van der Waals surface area (Å²) < 4.78 is 1.77. The quantitative estimate of drug-likeness (QED) is 0.714. The Morgan fingerprint density at radius 2 is 1.90 bits per heavy atom. The summed E-state index contributed by atoms with van der Waals surface area (Å²) in [6.07, 6.45) is 9.97. The van der Waals surface area contributed by atoms with Gasteiger partial charge in [0.2, 0.25) is 5.91 Å². The Morgan fingerprint density at radius 3 is 2.62 bits per heavy atom. The standard InChI is InChI=1S/C21H25N7O/c1-26-13-17(11-24-26)16-8-15-9-20(23-12-19(15)22-10-16)25-21(29)14-27-4-6-28(7-5-27)18-2-3-18/h8-13,18H,2-7,14H2,1H3,(H,23,25,29). The Bertz CT molecular complexity index is 1030. The molecule has 0 bridgehead atoms. The van der Waals surface area contributed by atoms with E-state index in [-0.39, 0.29) is 5.91 Å². The van der Waals surface area contributed by atoms with Gasteiger partial charge >= 0.3 is 0 Å². The zero-order valence-electron chi connectivity index (χ0n) is 16.6. The third-order valence-electron chi connectivity index (χ3n) is 5.71. The average Bonchev–Trinajstić information content (AvgIpc) is 3.48.